The Kier molecular flexibility index (Phi) is 9.44. The number of rotatable bonds is 12. The molecule has 1 saturated heterocycles. The van der Waals surface area contributed by atoms with Crippen molar-refractivity contribution in [2.24, 2.45) is 7.05 Å². The monoisotopic (exact) mass is 686 g/mol. The van der Waals surface area contributed by atoms with Crippen LogP contribution >= 0.6 is 11.8 Å². The fraction of sp³-hybridized carbons (Fsp3) is 0.242. The number of thioether (sulfide) groups is 1. The zero-order valence-corrected chi connectivity index (χ0v) is 26.9. The van der Waals surface area contributed by atoms with Crippen LogP contribution in [0.5, 0.6) is 5.75 Å². The normalized spacial score (nSPS) is 19.2. The number of tetrazole rings is 1. The quantitative estimate of drug-likeness (QED) is 0.0645. The Morgan fingerprint density at radius 3 is 2.20 bits per heavy atom. The van der Waals surface area contributed by atoms with E-state index >= 15 is 0 Å². The third-order valence-electron chi connectivity index (χ3n) is 8.06. The molecule has 3 N–H and O–H groups in total. The Hall–Kier alpha value is -5.58. The minimum absolute atomic E-state index is 0.0526. The van der Waals surface area contributed by atoms with Crippen molar-refractivity contribution in [1.29, 1.82) is 0 Å². The number of amides is 2. The van der Waals surface area contributed by atoms with Crippen LogP contribution in [-0.2, 0) is 40.4 Å². The maximum Gasteiger partial charge on any atom is 0.356 e. The highest BCUT2D eigenvalue weighted by Gasteiger charge is 2.68. The molecule has 0 unspecified atom stereocenters. The summed E-state index contributed by atoms with van der Waals surface area (Å²) in [7, 11) is 2.81. The second-order valence-corrected chi connectivity index (χ2v) is 12.0. The van der Waals surface area contributed by atoms with E-state index in [0.717, 1.165) is 12.0 Å². The van der Waals surface area contributed by atoms with Gasteiger partial charge in [-0.25, -0.2) is 9.48 Å². The van der Waals surface area contributed by atoms with E-state index in [9.17, 15) is 29.4 Å². The summed E-state index contributed by atoms with van der Waals surface area (Å²) in [6.45, 7) is -0.181. The molecule has 1 aromatic heterocycles. The van der Waals surface area contributed by atoms with Gasteiger partial charge in [0.15, 0.2) is 18.2 Å². The maximum absolute atomic E-state index is 14.3. The Balaban J connectivity index is 1.33. The van der Waals surface area contributed by atoms with Crippen LogP contribution in [0.4, 0.5) is 0 Å². The zero-order chi connectivity index (χ0) is 34.7. The van der Waals surface area contributed by atoms with E-state index < -0.39 is 47.7 Å². The highest BCUT2D eigenvalue weighted by molar-refractivity contribution is 7.99. The highest BCUT2D eigenvalue weighted by atomic mass is 32.2. The molecular formula is C33H30N6O9S. The van der Waals surface area contributed by atoms with Crippen LogP contribution < -0.4 is 5.32 Å². The molecule has 0 saturated carbocycles. The van der Waals surface area contributed by atoms with E-state index in [1.165, 1.54) is 40.7 Å². The number of phenolic OH excluding ortho intramolecular Hbond substituents is 1. The van der Waals surface area contributed by atoms with E-state index in [1.807, 2.05) is 60.7 Å². The van der Waals surface area contributed by atoms with Gasteiger partial charge in [-0.3, -0.25) is 19.3 Å². The van der Waals surface area contributed by atoms with Crippen LogP contribution in [0.2, 0.25) is 0 Å². The van der Waals surface area contributed by atoms with Crippen molar-refractivity contribution in [3.63, 3.8) is 0 Å². The third-order valence-corrected chi connectivity index (χ3v) is 9.15. The lowest BCUT2D eigenvalue weighted by Crippen LogP contribution is -2.83. The number of aromatic hydroxyl groups is 1. The lowest BCUT2D eigenvalue weighted by Gasteiger charge is -2.55. The van der Waals surface area contributed by atoms with Gasteiger partial charge in [-0.2, -0.15) is 0 Å². The number of β-lactam (4-membered cyclic amide) rings is 1. The fourth-order valence-electron chi connectivity index (χ4n) is 5.61. The number of carbonyl (C=O) groups is 4. The molecule has 3 heterocycles. The van der Waals surface area contributed by atoms with Crippen molar-refractivity contribution < 1.29 is 43.6 Å². The zero-order valence-electron chi connectivity index (χ0n) is 26.1. The first-order valence-electron chi connectivity index (χ1n) is 14.9. The first-order chi connectivity index (χ1) is 23.6. The summed E-state index contributed by atoms with van der Waals surface area (Å²) in [5, 5.41) is 33.9. The van der Waals surface area contributed by atoms with E-state index in [1.54, 1.807) is 7.05 Å². The number of nitrogens with zero attached hydrogens (tertiary/aromatic N) is 5. The second kappa shape index (κ2) is 13.9. The minimum atomic E-state index is -2.17. The number of ether oxygens (including phenoxy) is 3. The van der Waals surface area contributed by atoms with Crippen molar-refractivity contribution in [2.45, 2.75) is 29.1 Å². The van der Waals surface area contributed by atoms with Crippen molar-refractivity contribution in [3.05, 3.63) is 113 Å². The van der Waals surface area contributed by atoms with Gasteiger partial charge in [0.2, 0.25) is 11.1 Å². The Morgan fingerprint density at radius 2 is 1.65 bits per heavy atom. The maximum atomic E-state index is 14.3. The first kappa shape index (κ1) is 33.3. The van der Waals surface area contributed by atoms with Gasteiger partial charge in [0.25, 0.3) is 11.6 Å². The number of esters is 1. The van der Waals surface area contributed by atoms with Gasteiger partial charge in [0.1, 0.15) is 11.4 Å². The van der Waals surface area contributed by atoms with Crippen molar-refractivity contribution in [2.75, 3.05) is 19.5 Å². The smallest absolute Gasteiger partial charge is 0.356 e. The molecule has 4 aromatic rings. The fourth-order valence-corrected chi connectivity index (χ4v) is 6.45. The summed E-state index contributed by atoms with van der Waals surface area (Å²) in [4.78, 5) is 55.0. The Morgan fingerprint density at radius 1 is 1.02 bits per heavy atom. The van der Waals surface area contributed by atoms with Gasteiger partial charge >= 0.3 is 11.9 Å². The predicted molar refractivity (Wildman–Crippen MR) is 170 cm³/mol. The van der Waals surface area contributed by atoms with Gasteiger partial charge in [-0.05, 0) is 44.8 Å². The number of carboxylic acids is 1. The van der Waals surface area contributed by atoms with Crippen LogP contribution in [0, 0.1) is 0 Å². The average molecular weight is 687 g/mol. The van der Waals surface area contributed by atoms with E-state index in [2.05, 4.69) is 20.8 Å². The lowest BCUT2D eigenvalue weighted by atomic mass is 9.92. The third kappa shape index (κ3) is 6.36. The van der Waals surface area contributed by atoms with Crippen LogP contribution in [0.3, 0.4) is 0 Å². The first-order valence-corrected chi connectivity index (χ1v) is 15.9. The number of carbonyl (C=O) groups excluding carboxylic acids is 3. The average Bonchev–Trinajstić information content (AvgIpc) is 3.53. The van der Waals surface area contributed by atoms with Gasteiger partial charge in [0, 0.05) is 19.9 Å². The summed E-state index contributed by atoms with van der Waals surface area (Å²) >= 11 is 1.20. The molecule has 15 nitrogen and oxygen atoms in total. The van der Waals surface area contributed by atoms with Crippen LogP contribution in [-0.4, -0.2) is 90.5 Å². The number of fused-ring (bicyclic) bond motifs is 1. The summed E-state index contributed by atoms with van der Waals surface area (Å²) in [5.41, 5.74) is -0.471. The molecular weight excluding hydrogens is 656 g/mol. The van der Waals surface area contributed by atoms with E-state index in [-0.39, 0.29) is 29.4 Å². The number of carboxylic acid groups (broad SMARTS) is 1. The molecule has 0 aliphatic carbocycles. The van der Waals surface area contributed by atoms with Crippen molar-refractivity contribution in [1.82, 2.24) is 30.4 Å². The summed E-state index contributed by atoms with van der Waals surface area (Å²) in [6.07, 6.45) is -2.20. The SMILES string of the molecule is CO[C@@]1(NC(=O)[C@H](C(=O)O)c2ccc(O)cc2)C(=O)N2C(C(=O)OC(c3ccccc3)c3ccccc3)=C(CSc3nnnn3C)CO[C@@H]21. The molecule has 0 radical (unpaired) electrons. The topological polar surface area (TPSA) is 195 Å². The van der Waals surface area contributed by atoms with Gasteiger partial charge in [0.05, 0.1) is 6.61 Å². The molecule has 252 valence electrons. The molecule has 49 heavy (non-hydrogen) atoms. The summed E-state index contributed by atoms with van der Waals surface area (Å²) in [5.74, 6) is -6.05. The van der Waals surface area contributed by atoms with Gasteiger partial charge < -0.3 is 29.7 Å². The van der Waals surface area contributed by atoms with Gasteiger partial charge in [-0.15, -0.1) is 5.10 Å². The Labute approximate surface area is 283 Å². The lowest BCUT2D eigenvalue weighted by molar-refractivity contribution is -0.258. The number of aromatic nitrogens is 4. The summed E-state index contributed by atoms with van der Waals surface area (Å²) in [6, 6.07) is 23.2. The van der Waals surface area contributed by atoms with Crippen LogP contribution in [0.25, 0.3) is 0 Å². The molecule has 2 aliphatic heterocycles. The molecule has 2 aliphatic rings. The van der Waals surface area contributed by atoms with Crippen molar-refractivity contribution in [3.8, 4) is 5.75 Å². The van der Waals surface area contributed by atoms with Crippen molar-refractivity contribution >= 4 is 35.5 Å². The number of phenols is 1. The number of aryl methyl sites for hydroxylation is 1. The van der Waals surface area contributed by atoms with Crippen LogP contribution in [0.15, 0.2) is 101 Å². The van der Waals surface area contributed by atoms with Gasteiger partial charge in [-0.1, -0.05) is 84.6 Å². The molecule has 16 heteroatoms. The second-order valence-electron chi connectivity index (χ2n) is 11.1. The van der Waals surface area contributed by atoms with Crippen LogP contribution in [0.1, 0.15) is 28.7 Å². The van der Waals surface area contributed by atoms with E-state index in [0.29, 0.717) is 21.9 Å². The number of aliphatic carboxylic acids is 1. The standard InChI is InChI=1S/C33H30N6O9S/c1-38-32(35-36-37-38)49-18-22-17-47-31-33(46-2,34-27(41)24(28(42)43)19-13-15-23(40)16-14-19)30(45)39(31)25(22)29(44)48-26(20-9-5-3-6-10-20)21-11-7-4-8-12-21/h3-16,24,26,31,40H,17-18H2,1-2H3,(H,34,41)(H,42,43)/t24-,31-,33+/m1/s1. The molecule has 0 bridgehead atoms. The molecule has 1 fully saturated rings. The van der Waals surface area contributed by atoms with E-state index in [4.69, 9.17) is 14.2 Å². The molecule has 0 spiro atoms. The predicted octanol–water partition coefficient (Wildman–Crippen LogP) is 2.12. The largest absolute Gasteiger partial charge is 0.508 e. The summed E-state index contributed by atoms with van der Waals surface area (Å²) < 4.78 is 19.2. The Bertz CT molecular complexity index is 1860. The number of hydrogen-bond donors (Lipinski definition) is 3. The molecule has 2 amide bonds. The number of benzene rings is 3. The molecule has 3 aromatic carbocycles. The molecule has 3 atom stereocenters. The number of nitrogens with one attached hydrogen (secondary N) is 1. The number of hydrogen-bond acceptors (Lipinski definition) is 12. The molecule has 6 rings (SSSR count). The minimum Gasteiger partial charge on any atom is -0.508 e. The number of methoxy groups -OCH3 is 1. The highest BCUT2D eigenvalue weighted by Crippen LogP contribution is 2.43.